The van der Waals surface area contributed by atoms with Crippen LogP contribution in [0.5, 0.6) is 0 Å². The van der Waals surface area contributed by atoms with E-state index in [-0.39, 0.29) is 18.4 Å². The Morgan fingerprint density at radius 1 is 0.875 bits per heavy atom. The van der Waals surface area contributed by atoms with Gasteiger partial charge in [-0.3, -0.25) is 9.59 Å². The van der Waals surface area contributed by atoms with Crippen LogP contribution >= 0.6 is 0 Å². The lowest BCUT2D eigenvalue weighted by molar-refractivity contribution is -0.160. The summed E-state index contributed by atoms with van der Waals surface area (Å²) in [5.41, 5.74) is 4.15. The molecule has 2 aromatic carbocycles. The first kappa shape index (κ1) is 14.9. The first-order chi connectivity index (χ1) is 11.6. The molecule has 0 aromatic heterocycles. The Morgan fingerprint density at radius 3 is 1.67 bits per heavy atom. The van der Waals surface area contributed by atoms with Crippen molar-refractivity contribution in [2.75, 3.05) is 6.61 Å². The average Bonchev–Trinajstić information content (AvgIpc) is 2.61. The number of aliphatic carboxylic acids is 1. The molecule has 3 aliphatic rings. The van der Waals surface area contributed by atoms with E-state index < -0.39 is 23.8 Å². The number of carboxylic acids is 1. The minimum Gasteiger partial charge on any atom is -0.481 e. The number of rotatable bonds is 3. The van der Waals surface area contributed by atoms with Crippen molar-refractivity contribution < 1.29 is 19.4 Å². The maximum Gasteiger partial charge on any atom is 0.310 e. The molecule has 3 aliphatic carbocycles. The van der Waals surface area contributed by atoms with Gasteiger partial charge in [0.15, 0.2) is 0 Å². The van der Waals surface area contributed by atoms with Crippen LogP contribution in [0.1, 0.15) is 41.0 Å². The van der Waals surface area contributed by atoms with Gasteiger partial charge in [-0.2, -0.15) is 0 Å². The molecule has 0 fully saturated rings. The number of ether oxygens (including phenoxy) is 1. The SMILES string of the molecule is CCOC(=O)[C@H]1[C@H]2c3ccccc3[C@@H](c3ccccc32)[C@@H]1C(=O)O. The smallest absolute Gasteiger partial charge is 0.310 e. The molecule has 0 radical (unpaired) electrons. The molecule has 2 bridgehead atoms. The Labute approximate surface area is 140 Å². The predicted molar refractivity (Wildman–Crippen MR) is 87.8 cm³/mol. The first-order valence-corrected chi connectivity index (χ1v) is 8.22. The van der Waals surface area contributed by atoms with Gasteiger partial charge >= 0.3 is 11.9 Å². The molecule has 0 saturated heterocycles. The number of carbonyl (C=O) groups is 2. The van der Waals surface area contributed by atoms with Crippen LogP contribution in [0.4, 0.5) is 0 Å². The molecule has 1 N–H and O–H groups in total. The van der Waals surface area contributed by atoms with E-state index in [0.717, 1.165) is 22.3 Å². The lowest BCUT2D eigenvalue weighted by Gasteiger charge is -2.47. The van der Waals surface area contributed by atoms with Gasteiger partial charge in [0.1, 0.15) is 0 Å². The molecular weight excluding hydrogens is 304 g/mol. The third-order valence-corrected chi connectivity index (χ3v) is 5.28. The molecule has 24 heavy (non-hydrogen) atoms. The van der Waals surface area contributed by atoms with E-state index in [1.54, 1.807) is 6.92 Å². The van der Waals surface area contributed by atoms with E-state index in [4.69, 9.17) is 4.74 Å². The number of hydrogen-bond donors (Lipinski definition) is 1. The third-order valence-electron chi connectivity index (χ3n) is 5.28. The summed E-state index contributed by atoms with van der Waals surface area (Å²) in [6.07, 6.45) is 0. The normalized spacial score (nSPS) is 26.4. The van der Waals surface area contributed by atoms with E-state index in [1.807, 2.05) is 48.5 Å². The molecule has 0 spiro atoms. The Balaban J connectivity index is 1.98. The summed E-state index contributed by atoms with van der Waals surface area (Å²) < 4.78 is 5.24. The second-order valence-electron chi connectivity index (χ2n) is 6.36. The minimum atomic E-state index is -0.938. The largest absolute Gasteiger partial charge is 0.481 e. The summed E-state index contributed by atoms with van der Waals surface area (Å²) in [5, 5.41) is 9.89. The molecule has 122 valence electrons. The monoisotopic (exact) mass is 322 g/mol. The number of fused-ring (bicyclic) bond motifs is 1. The number of carbonyl (C=O) groups excluding carboxylic acids is 1. The highest BCUT2D eigenvalue weighted by molar-refractivity contribution is 5.87. The topological polar surface area (TPSA) is 63.6 Å². The van der Waals surface area contributed by atoms with E-state index in [1.165, 1.54) is 0 Å². The maximum atomic E-state index is 12.6. The first-order valence-electron chi connectivity index (χ1n) is 8.22. The lowest BCUT2D eigenvalue weighted by Crippen LogP contribution is -2.47. The van der Waals surface area contributed by atoms with Crippen molar-refractivity contribution in [3.05, 3.63) is 70.8 Å². The Kier molecular flexibility index (Phi) is 3.41. The van der Waals surface area contributed by atoms with Gasteiger partial charge in [0.25, 0.3) is 0 Å². The van der Waals surface area contributed by atoms with Crippen LogP contribution in [0.15, 0.2) is 48.5 Å². The summed E-state index contributed by atoms with van der Waals surface area (Å²) in [7, 11) is 0. The van der Waals surface area contributed by atoms with Crippen molar-refractivity contribution in [3.63, 3.8) is 0 Å². The van der Waals surface area contributed by atoms with Gasteiger partial charge in [0, 0.05) is 11.8 Å². The highest BCUT2D eigenvalue weighted by Gasteiger charge is 2.55. The Hall–Kier alpha value is -2.62. The molecule has 4 heteroatoms. The van der Waals surface area contributed by atoms with Gasteiger partial charge < -0.3 is 9.84 Å². The Bertz CT molecular complexity index is 778. The predicted octanol–water partition coefficient (Wildman–Crippen LogP) is 3.16. The van der Waals surface area contributed by atoms with Gasteiger partial charge in [0.05, 0.1) is 18.4 Å². The summed E-state index contributed by atoms with van der Waals surface area (Å²) in [6, 6.07) is 15.7. The molecule has 2 aromatic rings. The van der Waals surface area contributed by atoms with Crippen LogP contribution in [0.25, 0.3) is 0 Å². The van der Waals surface area contributed by atoms with Crippen molar-refractivity contribution in [2.45, 2.75) is 18.8 Å². The fourth-order valence-corrected chi connectivity index (χ4v) is 4.50. The van der Waals surface area contributed by atoms with Crippen LogP contribution in [0.2, 0.25) is 0 Å². The van der Waals surface area contributed by atoms with E-state index in [0.29, 0.717) is 0 Å². The van der Waals surface area contributed by atoms with Crippen LogP contribution in [0, 0.1) is 11.8 Å². The number of carboxylic acid groups (broad SMARTS) is 1. The standard InChI is InChI=1S/C20H18O4/c1-2-24-20(23)18-16-13-9-5-3-7-11(13)15(17(18)19(21)22)12-8-4-6-10-14(12)16/h3-10,15-18H,2H2,1H3,(H,21,22)/t15-,16-,17-,18-/m0/s1. The van der Waals surface area contributed by atoms with Crippen molar-refractivity contribution in [2.24, 2.45) is 11.8 Å². The van der Waals surface area contributed by atoms with Crippen LogP contribution in [0.3, 0.4) is 0 Å². The van der Waals surface area contributed by atoms with Gasteiger partial charge in [-0.1, -0.05) is 48.5 Å². The molecule has 4 nitrogen and oxygen atoms in total. The summed E-state index contributed by atoms with van der Waals surface area (Å²) in [5.74, 6) is -3.40. The van der Waals surface area contributed by atoms with Gasteiger partial charge in [0.2, 0.25) is 0 Å². The highest BCUT2D eigenvalue weighted by Crippen LogP contribution is 2.58. The van der Waals surface area contributed by atoms with E-state index >= 15 is 0 Å². The van der Waals surface area contributed by atoms with Crippen molar-refractivity contribution >= 4 is 11.9 Å². The lowest BCUT2D eigenvalue weighted by atomic mass is 9.54. The van der Waals surface area contributed by atoms with Crippen LogP contribution < -0.4 is 0 Å². The van der Waals surface area contributed by atoms with Crippen LogP contribution in [-0.2, 0) is 14.3 Å². The Morgan fingerprint density at radius 2 is 1.29 bits per heavy atom. The fraction of sp³-hybridized carbons (Fsp3) is 0.300. The summed E-state index contributed by atoms with van der Waals surface area (Å²) in [6.45, 7) is 2.00. The van der Waals surface area contributed by atoms with Crippen molar-refractivity contribution in [3.8, 4) is 0 Å². The number of hydrogen-bond acceptors (Lipinski definition) is 3. The van der Waals surface area contributed by atoms with Crippen molar-refractivity contribution in [1.82, 2.24) is 0 Å². The van der Waals surface area contributed by atoms with Gasteiger partial charge in [-0.25, -0.2) is 0 Å². The second kappa shape index (κ2) is 5.48. The zero-order valence-electron chi connectivity index (χ0n) is 13.3. The zero-order chi connectivity index (χ0) is 16.8. The maximum absolute atomic E-state index is 12.6. The molecule has 0 unspecified atom stereocenters. The molecule has 0 aliphatic heterocycles. The van der Waals surface area contributed by atoms with Gasteiger partial charge in [-0.15, -0.1) is 0 Å². The molecule has 0 heterocycles. The second-order valence-corrected chi connectivity index (χ2v) is 6.36. The number of benzene rings is 2. The molecule has 0 amide bonds. The molecule has 2 atom stereocenters. The number of esters is 1. The van der Waals surface area contributed by atoms with E-state index in [2.05, 4.69) is 0 Å². The fourth-order valence-electron chi connectivity index (χ4n) is 4.50. The minimum absolute atomic E-state index is 0.252. The third kappa shape index (κ3) is 1.92. The quantitative estimate of drug-likeness (QED) is 0.882. The molecular formula is C20H18O4. The molecule has 5 rings (SSSR count). The molecule has 0 saturated carbocycles. The summed E-state index contributed by atoms with van der Waals surface area (Å²) in [4.78, 5) is 24.7. The summed E-state index contributed by atoms with van der Waals surface area (Å²) >= 11 is 0. The van der Waals surface area contributed by atoms with Gasteiger partial charge in [-0.05, 0) is 29.2 Å². The average molecular weight is 322 g/mol. The van der Waals surface area contributed by atoms with Crippen LogP contribution in [-0.4, -0.2) is 23.7 Å². The highest BCUT2D eigenvalue weighted by atomic mass is 16.5. The zero-order valence-corrected chi connectivity index (χ0v) is 13.3. The van der Waals surface area contributed by atoms with E-state index in [9.17, 15) is 14.7 Å². The van der Waals surface area contributed by atoms with Crippen molar-refractivity contribution in [1.29, 1.82) is 0 Å².